The molecule has 16 heavy (non-hydrogen) atoms. The van der Waals surface area contributed by atoms with Crippen LogP contribution in [0.4, 0.5) is 0 Å². The maximum Gasteiger partial charge on any atom is 0.124 e. The lowest BCUT2D eigenvalue weighted by Gasteiger charge is -1.92. The van der Waals surface area contributed by atoms with Crippen molar-refractivity contribution in [2.75, 3.05) is 0 Å². The van der Waals surface area contributed by atoms with Crippen LogP contribution < -0.4 is 0 Å². The summed E-state index contributed by atoms with van der Waals surface area (Å²) in [5.74, 6) is 0. The van der Waals surface area contributed by atoms with E-state index in [1.165, 1.54) is 0 Å². The lowest BCUT2D eigenvalue weighted by atomic mass is 10.2. The van der Waals surface area contributed by atoms with Gasteiger partial charge in [0.25, 0.3) is 0 Å². The Kier molecular flexibility index (Phi) is 5.56. The number of hydrogen-bond acceptors (Lipinski definition) is 2. The summed E-state index contributed by atoms with van der Waals surface area (Å²) in [5.41, 5.74) is 1.77. The van der Waals surface area contributed by atoms with E-state index >= 15 is 0 Å². The fourth-order valence-corrected chi connectivity index (χ4v) is 1.22. The van der Waals surface area contributed by atoms with Gasteiger partial charge in [0.15, 0.2) is 0 Å². The number of allylic oxidation sites excluding steroid dienone is 4. The largest absolute Gasteiger partial charge is 0.305 e. The van der Waals surface area contributed by atoms with Gasteiger partial charge in [-0.2, -0.15) is 0 Å². The average molecular weight is 213 g/mol. The van der Waals surface area contributed by atoms with E-state index in [1.54, 1.807) is 6.08 Å². The molecule has 1 aliphatic rings. The van der Waals surface area contributed by atoms with E-state index in [2.05, 4.69) is 0 Å². The molecule has 1 N–H and O–H groups in total. The van der Waals surface area contributed by atoms with Crippen LogP contribution in [0.5, 0.6) is 0 Å². The van der Waals surface area contributed by atoms with Crippen molar-refractivity contribution in [2.24, 2.45) is 0 Å². The van der Waals surface area contributed by atoms with Gasteiger partial charge in [0.05, 0.1) is 0 Å². The van der Waals surface area contributed by atoms with Gasteiger partial charge >= 0.3 is 0 Å². The molecule has 0 atom stereocenters. The molecule has 0 spiro atoms. The van der Waals surface area contributed by atoms with Crippen LogP contribution in [0.2, 0.25) is 0 Å². The molecule has 0 aliphatic heterocycles. The Labute approximate surface area is 95.8 Å². The number of rotatable bonds is 2. The minimum absolute atomic E-state index is 0.529. The van der Waals surface area contributed by atoms with Crippen LogP contribution in [0.3, 0.4) is 0 Å². The molecule has 82 valence electrons. The van der Waals surface area contributed by atoms with Crippen molar-refractivity contribution in [1.29, 1.82) is 5.41 Å². The second-order valence-corrected chi connectivity index (χ2v) is 3.37. The highest BCUT2D eigenvalue weighted by Gasteiger charge is 1.87. The van der Waals surface area contributed by atoms with Crippen molar-refractivity contribution in [3.8, 4) is 0 Å². The fraction of sp³-hybridized carbons (Fsp3) is 0.143. The van der Waals surface area contributed by atoms with Crippen LogP contribution >= 0.6 is 0 Å². The van der Waals surface area contributed by atoms with Gasteiger partial charge in [-0.15, -0.1) is 0 Å². The Morgan fingerprint density at radius 1 is 1.19 bits per heavy atom. The lowest BCUT2D eigenvalue weighted by Crippen LogP contribution is -1.89. The normalized spacial score (nSPS) is 12.9. The molecule has 1 aromatic carbocycles. The van der Waals surface area contributed by atoms with Crippen molar-refractivity contribution in [2.45, 2.75) is 12.8 Å². The summed E-state index contributed by atoms with van der Waals surface area (Å²) >= 11 is 0. The standard InChI is InChI=1S/C8H8O.C6H7N/c9-7-6-8-4-2-1-3-5-8;7-6-4-2-1-3-5-6/h1-5,7H,6H2;1-4,7H,5H2. The summed E-state index contributed by atoms with van der Waals surface area (Å²) in [7, 11) is 0. The molecule has 0 fully saturated rings. The molecule has 1 aliphatic carbocycles. The molecule has 2 nitrogen and oxygen atoms in total. The van der Waals surface area contributed by atoms with Gasteiger partial charge in [0.2, 0.25) is 0 Å². The van der Waals surface area contributed by atoms with Gasteiger partial charge in [0.1, 0.15) is 6.29 Å². The summed E-state index contributed by atoms with van der Waals surface area (Å²) < 4.78 is 0. The van der Waals surface area contributed by atoms with Crippen LogP contribution in [-0.2, 0) is 11.2 Å². The smallest absolute Gasteiger partial charge is 0.124 e. The fourth-order valence-electron chi connectivity index (χ4n) is 1.22. The minimum atomic E-state index is 0.529. The van der Waals surface area contributed by atoms with E-state index in [0.29, 0.717) is 12.1 Å². The van der Waals surface area contributed by atoms with Crippen LogP contribution in [0.15, 0.2) is 54.6 Å². The van der Waals surface area contributed by atoms with Gasteiger partial charge < -0.3 is 10.2 Å². The molecule has 0 saturated heterocycles. The highest BCUT2D eigenvalue weighted by molar-refractivity contribution is 5.94. The molecular weight excluding hydrogens is 198 g/mol. The Morgan fingerprint density at radius 2 is 1.94 bits per heavy atom. The van der Waals surface area contributed by atoms with E-state index < -0.39 is 0 Å². The second kappa shape index (κ2) is 7.35. The van der Waals surface area contributed by atoms with Crippen molar-refractivity contribution in [3.05, 3.63) is 60.2 Å². The Morgan fingerprint density at radius 3 is 2.38 bits per heavy atom. The summed E-state index contributed by atoms with van der Waals surface area (Å²) in [6.45, 7) is 0. The quantitative estimate of drug-likeness (QED) is 0.754. The van der Waals surface area contributed by atoms with Gasteiger partial charge in [0, 0.05) is 18.6 Å². The predicted octanol–water partition coefficient (Wildman–Crippen LogP) is 2.95. The van der Waals surface area contributed by atoms with Gasteiger partial charge in [-0.1, -0.05) is 48.6 Å². The molecule has 0 heterocycles. The number of aldehydes is 1. The summed E-state index contributed by atoms with van der Waals surface area (Å²) in [6.07, 6.45) is 9.86. The Bertz CT molecular complexity index is 390. The molecule has 2 rings (SSSR count). The summed E-state index contributed by atoms with van der Waals surface area (Å²) in [4.78, 5) is 9.97. The third-order valence-electron chi connectivity index (χ3n) is 2.04. The summed E-state index contributed by atoms with van der Waals surface area (Å²) in [6, 6.07) is 9.68. The second-order valence-electron chi connectivity index (χ2n) is 3.37. The van der Waals surface area contributed by atoms with E-state index in [-0.39, 0.29) is 0 Å². The molecule has 0 radical (unpaired) electrons. The Balaban J connectivity index is 0.000000165. The van der Waals surface area contributed by atoms with Crippen LogP contribution in [0, 0.1) is 5.41 Å². The number of nitrogens with one attached hydrogen (secondary N) is 1. The number of hydrogen-bond donors (Lipinski definition) is 1. The molecular formula is C14H15NO. The predicted molar refractivity (Wildman–Crippen MR) is 66.8 cm³/mol. The van der Waals surface area contributed by atoms with E-state index in [1.807, 2.05) is 48.6 Å². The molecule has 0 saturated carbocycles. The molecule has 0 unspecified atom stereocenters. The zero-order valence-corrected chi connectivity index (χ0v) is 9.10. The summed E-state index contributed by atoms with van der Waals surface area (Å²) in [5, 5.41) is 7.05. The molecule has 2 heteroatoms. The number of carbonyl (C=O) groups excluding carboxylic acids is 1. The molecule has 1 aromatic rings. The van der Waals surface area contributed by atoms with Crippen LogP contribution in [-0.4, -0.2) is 12.0 Å². The van der Waals surface area contributed by atoms with Crippen molar-refractivity contribution >= 4 is 12.0 Å². The zero-order valence-electron chi connectivity index (χ0n) is 9.10. The zero-order chi connectivity index (χ0) is 11.6. The highest BCUT2D eigenvalue weighted by atomic mass is 16.1. The number of benzene rings is 1. The Hall–Kier alpha value is -1.96. The maximum absolute atomic E-state index is 9.97. The van der Waals surface area contributed by atoms with Gasteiger partial charge in [-0.3, -0.25) is 0 Å². The average Bonchev–Trinajstić information content (AvgIpc) is 2.33. The van der Waals surface area contributed by atoms with Crippen LogP contribution in [0.25, 0.3) is 0 Å². The third-order valence-corrected chi connectivity index (χ3v) is 2.04. The van der Waals surface area contributed by atoms with Crippen LogP contribution in [0.1, 0.15) is 12.0 Å². The third kappa shape index (κ3) is 5.05. The molecule has 0 amide bonds. The van der Waals surface area contributed by atoms with Crippen molar-refractivity contribution in [3.63, 3.8) is 0 Å². The first-order chi connectivity index (χ1) is 7.83. The van der Waals surface area contributed by atoms with Gasteiger partial charge in [-0.05, 0) is 11.6 Å². The molecule has 0 aromatic heterocycles. The van der Waals surface area contributed by atoms with Crippen molar-refractivity contribution < 1.29 is 4.79 Å². The minimum Gasteiger partial charge on any atom is -0.305 e. The topological polar surface area (TPSA) is 40.9 Å². The molecule has 0 bridgehead atoms. The van der Waals surface area contributed by atoms with Crippen molar-refractivity contribution in [1.82, 2.24) is 0 Å². The SMILES string of the molecule is N=C1C=CC=CC1.O=CCc1ccccc1. The highest BCUT2D eigenvalue weighted by Crippen LogP contribution is 1.96. The van der Waals surface area contributed by atoms with E-state index in [4.69, 9.17) is 5.41 Å². The van der Waals surface area contributed by atoms with Gasteiger partial charge in [-0.25, -0.2) is 0 Å². The van der Waals surface area contributed by atoms with E-state index in [9.17, 15) is 4.79 Å². The first-order valence-electron chi connectivity index (χ1n) is 5.21. The monoisotopic (exact) mass is 213 g/mol. The van der Waals surface area contributed by atoms with E-state index in [0.717, 1.165) is 18.3 Å². The first kappa shape index (κ1) is 12.1. The lowest BCUT2D eigenvalue weighted by molar-refractivity contribution is -0.107. The maximum atomic E-state index is 9.97. The first-order valence-corrected chi connectivity index (χ1v) is 5.21. The number of carbonyl (C=O) groups is 1.